The average molecular weight is 209 g/mol. The van der Waals surface area contributed by atoms with Crippen LogP contribution in [0, 0.1) is 11.3 Å². The van der Waals surface area contributed by atoms with Gasteiger partial charge in [0.15, 0.2) is 0 Å². The van der Waals surface area contributed by atoms with Gasteiger partial charge in [-0.25, -0.2) is 0 Å². The Balaban J connectivity index is 2.27. The van der Waals surface area contributed by atoms with Crippen LogP contribution in [-0.4, -0.2) is 37.1 Å². The van der Waals surface area contributed by atoms with Crippen LogP contribution in [0.1, 0.15) is 39.0 Å². The Kier molecular flexibility index (Phi) is 5.67. The number of hydrogen-bond acceptors (Lipinski definition) is 3. The van der Waals surface area contributed by atoms with E-state index in [0.29, 0.717) is 6.04 Å². The van der Waals surface area contributed by atoms with Gasteiger partial charge in [-0.3, -0.25) is 0 Å². The third-order valence-electron chi connectivity index (χ3n) is 3.22. The summed E-state index contributed by atoms with van der Waals surface area (Å²) in [7, 11) is 2.15. The largest absolute Gasteiger partial charge is 0.301 e. The van der Waals surface area contributed by atoms with E-state index in [2.05, 4.69) is 30.3 Å². The molecule has 0 amide bonds. The van der Waals surface area contributed by atoms with Gasteiger partial charge in [0.25, 0.3) is 0 Å². The molecule has 0 aromatic heterocycles. The highest BCUT2D eigenvalue weighted by Crippen LogP contribution is 2.22. The highest BCUT2D eigenvalue weighted by Gasteiger charge is 2.21. The van der Waals surface area contributed by atoms with Gasteiger partial charge in [0, 0.05) is 12.6 Å². The molecule has 0 radical (unpaired) electrons. The fourth-order valence-electron chi connectivity index (χ4n) is 2.25. The molecule has 1 fully saturated rings. The number of hydrogen-bond donors (Lipinski definition) is 1. The molecule has 0 heterocycles. The Morgan fingerprint density at radius 2 is 2.13 bits per heavy atom. The highest BCUT2D eigenvalue weighted by atomic mass is 15.2. The lowest BCUT2D eigenvalue weighted by molar-refractivity contribution is 0.232. The Morgan fingerprint density at radius 3 is 2.67 bits per heavy atom. The lowest BCUT2D eigenvalue weighted by Crippen LogP contribution is -2.42. The monoisotopic (exact) mass is 209 g/mol. The summed E-state index contributed by atoms with van der Waals surface area (Å²) in [5, 5.41) is 12.3. The predicted molar refractivity (Wildman–Crippen MR) is 62.6 cm³/mol. The van der Waals surface area contributed by atoms with Crippen molar-refractivity contribution in [1.29, 1.82) is 5.26 Å². The Labute approximate surface area is 93.5 Å². The van der Waals surface area contributed by atoms with Crippen molar-refractivity contribution < 1.29 is 0 Å². The van der Waals surface area contributed by atoms with Gasteiger partial charge in [-0.2, -0.15) is 5.26 Å². The summed E-state index contributed by atoms with van der Waals surface area (Å²) in [6.07, 6.45) is 6.42. The summed E-state index contributed by atoms with van der Waals surface area (Å²) in [5.74, 6) is 0. The molecule has 0 aromatic carbocycles. The summed E-state index contributed by atoms with van der Waals surface area (Å²) < 4.78 is 0. The van der Waals surface area contributed by atoms with Crippen molar-refractivity contribution in [2.24, 2.45) is 0 Å². The van der Waals surface area contributed by atoms with Crippen molar-refractivity contribution in [3.05, 3.63) is 0 Å². The normalized spacial score (nSPS) is 19.3. The van der Waals surface area contributed by atoms with Crippen LogP contribution in [0.4, 0.5) is 0 Å². The lowest BCUT2D eigenvalue weighted by atomic mass is 10.2. The van der Waals surface area contributed by atoms with E-state index in [-0.39, 0.29) is 6.04 Å². The second-order valence-electron chi connectivity index (χ2n) is 4.51. The van der Waals surface area contributed by atoms with Gasteiger partial charge in [-0.15, -0.1) is 0 Å². The van der Waals surface area contributed by atoms with E-state index < -0.39 is 0 Å². The molecule has 1 N–H and O–H groups in total. The van der Waals surface area contributed by atoms with Crippen LogP contribution in [0.25, 0.3) is 0 Å². The molecule has 1 saturated carbocycles. The zero-order valence-corrected chi connectivity index (χ0v) is 10.00. The van der Waals surface area contributed by atoms with Gasteiger partial charge in [-0.05, 0) is 32.9 Å². The summed E-state index contributed by atoms with van der Waals surface area (Å²) in [5.41, 5.74) is 0. The molecular formula is C12H23N3. The zero-order chi connectivity index (χ0) is 11.1. The van der Waals surface area contributed by atoms with E-state index in [1.54, 1.807) is 0 Å². The molecule has 1 atom stereocenters. The quantitative estimate of drug-likeness (QED) is 0.724. The molecule has 0 aliphatic heterocycles. The van der Waals surface area contributed by atoms with Crippen molar-refractivity contribution >= 4 is 0 Å². The Bertz CT molecular complexity index is 203. The van der Waals surface area contributed by atoms with Crippen LogP contribution in [0.2, 0.25) is 0 Å². The van der Waals surface area contributed by atoms with Crippen LogP contribution < -0.4 is 5.32 Å². The predicted octanol–water partition coefficient (Wildman–Crippen LogP) is 1.75. The lowest BCUT2D eigenvalue weighted by Gasteiger charge is -2.26. The first-order chi connectivity index (χ1) is 7.27. The standard InChI is InChI=1S/C12H23N3/c1-3-8-14-11(9-13)10-15(2)12-6-4-5-7-12/h11-12,14H,3-8,10H2,1-2H3. The average Bonchev–Trinajstić information content (AvgIpc) is 2.77. The second-order valence-corrected chi connectivity index (χ2v) is 4.51. The SMILES string of the molecule is CCCNC(C#N)CN(C)C1CCCC1. The molecule has 86 valence electrons. The molecule has 1 aliphatic carbocycles. The first-order valence-corrected chi connectivity index (χ1v) is 6.11. The summed E-state index contributed by atoms with van der Waals surface area (Å²) in [6.45, 7) is 3.93. The number of nitrogens with one attached hydrogen (secondary N) is 1. The minimum Gasteiger partial charge on any atom is -0.301 e. The molecule has 1 unspecified atom stereocenters. The molecular weight excluding hydrogens is 186 g/mol. The fourth-order valence-corrected chi connectivity index (χ4v) is 2.25. The molecule has 1 aliphatic rings. The van der Waals surface area contributed by atoms with Crippen molar-refractivity contribution in [3.63, 3.8) is 0 Å². The molecule has 0 spiro atoms. The van der Waals surface area contributed by atoms with E-state index in [9.17, 15) is 0 Å². The molecule has 3 heteroatoms. The summed E-state index contributed by atoms with van der Waals surface area (Å²) in [4.78, 5) is 2.35. The number of nitrogens with zero attached hydrogens (tertiary/aromatic N) is 2. The Morgan fingerprint density at radius 1 is 1.47 bits per heavy atom. The smallest absolute Gasteiger partial charge is 0.108 e. The number of nitriles is 1. The summed E-state index contributed by atoms with van der Waals surface area (Å²) >= 11 is 0. The van der Waals surface area contributed by atoms with Crippen LogP contribution >= 0.6 is 0 Å². The van der Waals surface area contributed by atoms with E-state index in [1.165, 1.54) is 25.7 Å². The van der Waals surface area contributed by atoms with Gasteiger partial charge < -0.3 is 10.2 Å². The number of likely N-dealkylation sites (N-methyl/N-ethyl adjacent to an activating group) is 1. The van der Waals surface area contributed by atoms with Gasteiger partial charge in [0.05, 0.1) is 6.07 Å². The molecule has 0 bridgehead atoms. The molecule has 1 rings (SSSR count). The zero-order valence-electron chi connectivity index (χ0n) is 10.00. The number of rotatable bonds is 6. The molecule has 0 aromatic rings. The van der Waals surface area contributed by atoms with Crippen molar-refractivity contribution in [3.8, 4) is 6.07 Å². The van der Waals surface area contributed by atoms with Crippen molar-refractivity contribution in [2.45, 2.75) is 51.1 Å². The first kappa shape index (κ1) is 12.5. The summed E-state index contributed by atoms with van der Waals surface area (Å²) in [6, 6.07) is 3.05. The van der Waals surface area contributed by atoms with Gasteiger partial charge in [0.2, 0.25) is 0 Å². The van der Waals surface area contributed by atoms with Gasteiger partial charge in [-0.1, -0.05) is 19.8 Å². The van der Waals surface area contributed by atoms with Crippen LogP contribution in [0.5, 0.6) is 0 Å². The second kappa shape index (κ2) is 6.81. The first-order valence-electron chi connectivity index (χ1n) is 6.11. The molecule has 3 nitrogen and oxygen atoms in total. The van der Waals surface area contributed by atoms with Crippen molar-refractivity contribution in [1.82, 2.24) is 10.2 Å². The van der Waals surface area contributed by atoms with Gasteiger partial charge in [0.1, 0.15) is 6.04 Å². The maximum absolute atomic E-state index is 9.01. The van der Waals surface area contributed by atoms with Gasteiger partial charge >= 0.3 is 0 Å². The van der Waals surface area contributed by atoms with Crippen LogP contribution in [0.3, 0.4) is 0 Å². The highest BCUT2D eigenvalue weighted by molar-refractivity contribution is 4.93. The maximum atomic E-state index is 9.01. The maximum Gasteiger partial charge on any atom is 0.108 e. The minimum atomic E-state index is -0.00412. The van der Waals surface area contributed by atoms with Crippen LogP contribution in [-0.2, 0) is 0 Å². The fraction of sp³-hybridized carbons (Fsp3) is 0.917. The van der Waals surface area contributed by atoms with Crippen molar-refractivity contribution in [2.75, 3.05) is 20.1 Å². The molecule has 0 saturated heterocycles. The van der Waals surface area contributed by atoms with E-state index in [4.69, 9.17) is 5.26 Å². The van der Waals surface area contributed by atoms with E-state index in [1.807, 2.05) is 0 Å². The van der Waals surface area contributed by atoms with E-state index >= 15 is 0 Å². The third kappa shape index (κ3) is 4.19. The van der Waals surface area contributed by atoms with E-state index in [0.717, 1.165) is 19.5 Å². The Hall–Kier alpha value is -0.590. The molecule has 15 heavy (non-hydrogen) atoms. The third-order valence-corrected chi connectivity index (χ3v) is 3.22. The topological polar surface area (TPSA) is 39.1 Å². The minimum absolute atomic E-state index is 0.00412. The van der Waals surface area contributed by atoms with Crippen LogP contribution in [0.15, 0.2) is 0 Å².